The summed E-state index contributed by atoms with van der Waals surface area (Å²) in [4.78, 5) is 45.7. The zero-order chi connectivity index (χ0) is 66.2. The first kappa shape index (κ1) is 50.9. The van der Waals surface area contributed by atoms with E-state index in [1.54, 1.807) is 47.5 Å². The maximum atomic E-state index is 7.96. The van der Waals surface area contributed by atoms with Crippen molar-refractivity contribution in [2.45, 2.75) is 32.7 Å². The van der Waals surface area contributed by atoms with Crippen LogP contribution in [0.5, 0.6) is 0 Å². The smallest absolute Gasteiger partial charge is 0.384 e. The van der Waals surface area contributed by atoms with Gasteiger partial charge in [0.15, 0.2) is 40.7 Å². The van der Waals surface area contributed by atoms with Gasteiger partial charge in [-0.15, -0.1) is 8.97 Å². The highest BCUT2D eigenvalue weighted by molar-refractivity contribution is 7.25. The molecule has 20 aromatic heterocycles. The normalized spacial score (nSPS) is 13.6. The van der Waals surface area contributed by atoms with E-state index in [1.807, 2.05) is 134 Å². The largest absolute Gasteiger partial charge is 0.414 e. The minimum Gasteiger partial charge on any atom is -0.414 e. The third-order valence-electron chi connectivity index (χ3n) is 18.9. The number of hydrogen-bond acceptors (Lipinski definition) is 14. The monoisotopic (exact) mass is 1310 g/mol. The molecule has 0 aromatic carbocycles. The Morgan fingerprint density at radius 2 is 0.959 bits per heavy atom. The van der Waals surface area contributed by atoms with Crippen LogP contribution < -0.4 is 22.8 Å². The van der Waals surface area contributed by atoms with Crippen LogP contribution in [0.15, 0.2) is 218 Å². The lowest BCUT2D eigenvalue weighted by molar-refractivity contribution is -0.671. The first-order valence-corrected chi connectivity index (χ1v) is 33.0. The summed E-state index contributed by atoms with van der Waals surface area (Å²) >= 11 is 3.51. The van der Waals surface area contributed by atoms with Gasteiger partial charge < -0.3 is 8.83 Å². The lowest BCUT2D eigenvalue weighted by Gasteiger charge is -1.94. The van der Waals surface area contributed by atoms with Crippen LogP contribution in [-0.4, -0.2) is 76.6 Å². The molecule has 0 saturated carbocycles. The molecular formula is C72H50N21O2S2+5. The topological polar surface area (TPSA) is 202 Å². The Labute approximate surface area is 558 Å². The Morgan fingerprint density at radius 3 is 1.61 bits per heavy atom. The summed E-state index contributed by atoms with van der Waals surface area (Å²) in [6.07, 6.45) is 35.9. The fraction of sp³-hybridized carbons (Fsp3) is 0.0972. The number of imidazole rings is 6. The van der Waals surface area contributed by atoms with Crippen LogP contribution in [0, 0.1) is 0 Å². The Balaban J connectivity index is 0.0000000820. The minimum atomic E-state index is -2.31. The Morgan fingerprint density at radius 1 is 0.454 bits per heavy atom. The first-order chi connectivity index (χ1) is 49.1. The number of thiazole rings is 1. The van der Waals surface area contributed by atoms with Crippen LogP contribution in [0.2, 0.25) is 0 Å². The summed E-state index contributed by atoms with van der Waals surface area (Å²) < 4.78 is 61.1. The lowest BCUT2D eigenvalue weighted by atomic mass is 10.1. The molecule has 0 saturated heterocycles. The highest BCUT2D eigenvalue weighted by Crippen LogP contribution is 2.40. The van der Waals surface area contributed by atoms with Gasteiger partial charge in [0.2, 0.25) is 27.4 Å². The molecule has 0 aliphatic carbocycles. The fourth-order valence-corrected chi connectivity index (χ4v) is 16.9. The molecule has 0 spiro atoms. The van der Waals surface area contributed by atoms with Crippen LogP contribution in [0.25, 0.3) is 143 Å². The van der Waals surface area contributed by atoms with Gasteiger partial charge in [-0.05, 0) is 91.0 Å². The van der Waals surface area contributed by atoms with Gasteiger partial charge in [0, 0.05) is 139 Å². The molecule has 0 N–H and O–H groups in total. The quantitative estimate of drug-likeness (QED) is 0.130. The Hall–Kier alpha value is -12.6. The Kier molecular flexibility index (Phi) is 10.7. The van der Waals surface area contributed by atoms with Gasteiger partial charge in [0.05, 0.1) is 31.7 Å². The standard InChI is InChI=1S/2C15H12N5.C14H9N4O.C14H9N4S.C14H8N3OS/c2*1-18-14-12(3-2-5-17-14)20-9-19-8-10-4-6-16-7-11(10)13(19)15(18)20;2*1-2-11-13(16-4-1)18-12(19-11)8-17-7-9-3-5-15-6-10(9)14(17)18;1-2-10-11(16-4-1)12-14(19-10)17-7-8-3-5-15-6-9(8)13(17)18-12/h2*2-7,9H,8H2,1H3;2*1-6,8H,7H2;1-6H,7H2/q5*+1/i1D3;;;;. The molecule has 462 valence electrons. The Bertz CT molecular complexity index is 6680. The van der Waals surface area contributed by atoms with Crippen LogP contribution in [0.4, 0.5) is 0 Å². The summed E-state index contributed by atoms with van der Waals surface area (Å²) in [6.45, 7) is 1.96. The van der Waals surface area contributed by atoms with Gasteiger partial charge in [-0.25, -0.2) is 38.2 Å². The number of hydrogen-bond donors (Lipinski definition) is 0. The van der Waals surface area contributed by atoms with Crippen molar-refractivity contribution in [2.24, 2.45) is 14.0 Å². The van der Waals surface area contributed by atoms with E-state index in [1.165, 1.54) is 69.3 Å². The molecule has 20 aromatic rings. The molecule has 23 nitrogen and oxygen atoms in total. The number of fused-ring (bicyclic) bond motifs is 35. The van der Waals surface area contributed by atoms with Crippen molar-refractivity contribution >= 4 is 109 Å². The molecule has 0 radical (unpaired) electrons. The van der Waals surface area contributed by atoms with Crippen molar-refractivity contribution in [1.29, 1.82) is 0 Å². The van der Waals surface area contributed by atoms with Gasteiger partial charge in [0.25, 0.3) is 35.4 Å². The van der Waals surface area contributed by atoms with E-state index in [2.05, 4.69) is 152 Å². The van der Waals surface area contributed by atoms with E-state index in [0.29, 0.717) is 11.3 Å². The minimum absolute atomic E-state index is 0.461. The molecule has 5 aliphatic rings. The SMILES string of the molecule is Cn1c2ncccc2n2c[n+]3c(c12)-c1cnccc1C3.[2H]C([2H])([2H])n1c2ncccc2n2c[n+]3c(c12)-c1cnccc1C3.c1cnc2c(c1)oc1c[n+]3c(n12)-c1cnccc1C3.c1cnc2c(c1)sc1c2oc2[n+]1Cc1ccncc1-2.c1cnc2c(c1)sc1c[n+]3c(n12)-c1cnccc1C3. The van der Waals surface area contributed by atoms with Crippen molar-refractivity contribution < 1.29 is 35.8 Å². The van der Waals surface area contributed by atoms with E-state index >= 15 is 0 Å². The molecule has 25 heteroatoms. The molecule has 0 unspecified atom stereocenters. The van der Waals surface area contributed by atoms with Gasteiger partial charge in [-0.3, -0.25) is 39.0 Å². The van der Waals surface area contributed by atoms with E-state index < -0.39 is 6.98 Å². The van der Waals surface area contributed by atoms with Crippen molar-refractivity contribution in [1.82, 2.24) is 76.6 Å². The summed E-state index contributed by atoms with van der Waals surface area (Å²) in [5.41, 5.74) is 24.7. The predicted octanol–water partition coefficient (Wildman–Crippen LogP) is 9.88. The molecule has 0 amide bonds. The summed E-state index contributed by atoms with van der Waals surface area (Å²) in [6, 6.07) is 30.0. The number of thiophene rings is 1. The molecule has 97 heavy (non-hydrogen) atoms. The van der Waals surface area contributed by atoms with Crippen LogP contribution in [0.3, 0.4) is 0 Å². The molecule has 25 heterocycles. The van der Waals surface area contributed by atoms with Crippen molar-refractivity contribution in [2.75, 3.05) is 0 Å². The second kappa shape index (κ2) is 20.4. The number of pyridine rings is 10. The molecule has 25 rings (SSSR count). The second-order valence-corrected chi connectivity index (χ2v) is 26.4. The van der Waals surface area contributed by atoms with Crippen molar-refractivity contribution in [3.8, 4) is 56.7 Å². The molecule has 0 bridgehead atoms. The van der Waals surface area contributed by atoms with Gasteiger partial charge in [0.1, 0.15) is 43.5 Å². The lowest BCUT2D eigenvalue weighted by Crippen LogP contribution is -2.29. The third-order valence-corrected chi connectivity index (χ3v) is 21.1. The number of aromatic nitrogens is 21. The van der Waals surface area contributed by atoms with Crippen LogP contribution in [0.1, 0.15) is 31.9 Å². The van der Waals surface area contributed by atoms with E-state index in [0.717, 1.165) is 128 Å². The van der Waals surface area contributed by atoms with E-state index in [-0.39, 0.29) is 0 Å². The summed E-state index contributed by atoms with van der Waals surface area (Å²) in [5, 5.41) is 0. The van der Waals surface area contributed by atoms with Gasteiger partial charge in [-0.1, -0.05) is 22.7 Å². The van der Waals surface area contributed by atoms with E-state index in [9.17, 15) is 0 Å². The zero-order valence-corrected chi connectivity index (χ0v) is 52.8. The van der Waals surface area contributed by atoms with Crippen LogP contribution in [-0.2, 0) is 46.7 Å². The highest BCUT2D eigenvalue weighted by atomic mass is 32.1. The number of nitrogens with zero attached hydrogens (tertiary/aromatic N) is 21. The summed E-state index contributed by atoms with van der Waals surface area (Å²) in [5.74, 6) is 3.19. The van der Waals surface area contributed by atoms with Crippen molar-refractivity contribution in [3.05, 3.63) is 237 Å². The zero-order valence-electron chi connectivity index (χ0n) is 54.2. The molecule has 0 atom stereocenters. The van der Waals surface area contributed by atoms with E-state index in [4.69, 9.17) is 12.9 Å². The molecule has 5 aliphatic heterocycles. The van der Waals surface area contributed by atoms with Crippen molar-refractivity contribution in [3.63, 3.8) is 0 Å². The average Bonchev–Trinajstić information content (AvgIpc) is 1.57. The molecule has 0 fully saturated rings. The number of oxazole rings is 2. The summed E-state index contributed by atoms with van der Waals surface area (Å²) in [7, 11) is 2.07. The highest BCUT2D eigenvalue weighted by Gasteiger charge is 2.39. The maximum Gasteiger partial charge on any atom is 0.384 e. The average molecular weight is 1310 g/mol. The maximum absolute atomic E-state index is 7.96. The molecular weight excluding hydrogens is 1260 g/mol. The number of rotatable bonds is 0. The van der Waals surface area contributed by atoms with Gasteiger partial charge in [-0.2, -0.15) is 13.2 Å². The van der Waals surface area contributed by atoms with Gasteiger partial charge >= 0.3 is 22.3 Å². The fourth-order valence-electron chi connectivity index (χ4n) is 14.7. The number of aryl methyl sites for hydroxylation is 2. The third kappa shape index (κ3) is 7.84. The predicted molar refractivity (Wildman–Crippen MR) is 361 cm³/mol. The van der Waals surface area contributed by atoms with Crippen LogP contribution >= 0.6 is 22.7 Å². The first-order valence-electron chi connectivity index (χ1n) is 32.8. The second-order valence-electron chi connectivity index (χ2n) is 24.3.